The molecule has 98 valence electrons. The number of rotatable bonds is 4. The van der Waals surface area contributed by atoms with Crippen LogP contribution in [0.1, 0.15) is 18.2 Å². The molecule has 0 aliphatic rings. The van der Waals surface area contributed by atoms with Crippen LogP contribution in [-0.4, -0.2) is 11.6 Å². The number of carbonyl (C=O) groups is 1. The molecule has 0 saturated carbocycles. The molecule has 1 amide bonds. The van der Waals surface area contributed by atoms with Crippen molar-refractivity contribution in [1.29, 1.82) is 0 Å². The second kappa shape index (κ2) is 5.95. The van der Waals surface area contributed by atoms with Crippen molar-refractivity contribution in [3.05, 3.63) is 59.8 Å². The monoisotopic (exact) mass is 260 g/mol. The van der Waals surface area contributed by atoms with E-state index in [1.165, 1.54) is 18.4 Å². The Hall–Kier alpha value is -2.43. The van der Waals surface area contributed by atoms with E-state index >= 15 is 0 Å². The van der Waals surface area contributed by atoms with E-state index < -0.39 is 0 Å². The van der Waals surface area contributed by atoms with Gasteiger partial charge in [-0.1, -0.05) is 12.1 Å². The number of benzene rings is 1. The first kappa shape index (κ1) is 13.0. The van der Waals surface area contributed by atoms with E-state index in [-0.39, 0.29) is 18.1 Å². The number of hydrogen-bond donors (Lipinski definition) is 1. The van der Waals surface area contributed by atoms with E-state index in [0.29, 0.717) is 11.5 Å². The summed E-state index contributed by atoms with van der Waals surface area (Å²) in [7, 11) is 0. The molecule has 1 aromatic carbocycles. The largest absolute Gasteiger partial charge is 0.463 e. The van der Waals surface area contributed by atoms with E-state index in [0.717, 1.165) is 5.56 Å². The summed E-state index contributed by atoms with van der Waals surface area (Å²) >= 11 is 0. The van der Waals surface area contributed by atoms with Gasteiger partial charge in [0.2, 0.25) is 5.91 Å². The molecule has 4 nitrogen and oxygen atoms in total. The van der Waals surface area contributed by atoms with Crippen LogP contribution in [0, 0.1) is 5.82 Å². The number of furan rings is 1. The fraction of sp³-hybridized carbons (Fsp3) is 0.143. The fourth-order valence-electron chi connectivity index (χ4n) is 1.51. The number of nitrogens with zero attached hydrogens (tertiary/aromatic N) is 1. The van der Waals surface area contributed by atoms with Gasteiger partial charge in [0.05, 0.1) is 12.7 Å². The first-order chi connectivity index (χ1) is 9.15. The summed E-state index contributed by atoms with van der Waals surface area (Å²) in [5.41, 5.74) is 3.74. The highest BCUT2D eigenvalue weighted by atomic mass is 19.1. The number of halogens is 1. The average molecular weight is 260 g/mol. The van der Waals surface area contributed by atoms with Gasteiger partial charge in [0.25, 0.3) is 0 Å². The van der Waals surface area contributed by atoms with Gasteiger partial charge in [0, 0.05) is 0 Å². The highest BCUT2D eigenvalue weighted by molar-refractivity contribution is 5.96. The van der Waals surface area contributed by atoms with E-state index in [4.69, 9.17) is 4.42 Å². The SMILES string of the molecule is C/C(=N\NC(=O)Cc1ccc(F)cc1)c1ccco1. The van der Waals surface area contributed by atoms with Gasteiger partial charge in [-0.15, -0.1) is 0 Å². The summed E-state index contributed by atoms with van der Waals surface area (Å²) < 4.78 is 17.8. The molecule has 0 unspecified atom stereocenters. The lowest BCUT2D eigenvalue weighted by Gasteiger charge is -2.01. The Kier molecular flexibility index (Phi) is 4.07. The molecular formula is C14H13FN2O2. The van der Waals surface area contributed by atoms with Crippen molar-refractivity contribution in [3.63, 3.8) is 0 Å². The molecule has 2 aromatic rings. The molecule has 19 heavy (non-hydrogen) atoms. The summed E-state index contributed by atoms with van der Waals surface area (Å²) in [4.78, 5) is 11.6. The highest BCUT2D eigenvalue weighted by Crippen LogP contribution is 2.04. The van der Waals surface area contributed by atoms with E-state index in [1.807, 2.05) is 0 Å². The van der Waals surface area contributed by atoms with Gasteiger partial charge < -0.3 is 4.42 Å². The van der Waals surface area contributed by atoms with Gasteiger partial charge in [-0.05, 0) is 36.8 Å². The summed E-state index contributed by atoms with van der Waals surface area (Å²) in [6, 6.07) is 9.27. The lowest BCUT2D eigenvalue weighted by Crippen LogP contribution is -2.21. The predicted molar refractivity (Wildman–Crippen MR) is 69.2 cm³/mol. The topological polar surface area (TPSA) is 54.6 Å². The Balaban J connectivity index is 1.91. The number of carbonyl (C=O) groups excluding carboxylic acids is 1. The zero-order valence-corrected chi connectivity index (χ0v) is 10.4. The van der Waals surface area contributed by atoms with Crippen LogP contribution in [0.15, 0.2) is 52.2 Å². The second-order valence-electron chi connectivity index (χ2n) is 4.01. The summed E-state index contributed by atoms with van der Waals surface area (Å²) in [5, 5.41) is 3.93. The first-order valence-electron chi connectivity index (χ1n) is 5.76. The minimum Gasteiger partial charge on any atom is -0.463 e. The zero-order chi connectivity index (χ0) is 13.7. The third-order valence-electron chi connectivity index (χ3n) is 2.50. The molecule has 1 heterocycles. The molecule has 0 aliphatic carbocycles. The van der Waals surface area contributed by atoms with Gasteiger partial charge in [-0.25, -0.2) is 9.82 Å². The number of amides is 1. The van der Waals surface area contributed by atoms with Crippen LogP contribution in [-0.2, 0) is 11.2 Å². The van der Waals surface area contributed by atoms with Crippen LogP contribution in [0.25, 0.3) is 0 Å². The Morgan fingerprint density at radius 1 is 1.32 bits per heavy atom. The molecule has 0 bridgehead atoms. The van der Waals surface area contributed by atoms with Crippen LogP contribution in [0.5, 0.6) is 0 Å². The lowest BCUT2D eigenvalue weighted by atomic mass is 10.1. The number of nitrogens with one attached hydrogen (secondary N) is 1. The fourth-order valence-corrected chi connectivity index (χ4v) is 1.51. The number of hydrogen-bond acceptors (Lipinski definition) is 3. The van der Waals surface area contributed by atoms with Gasteiger partial charge in [0.1, 0.15) is 17.3 Å². The minimum absolute atomic E-state index is 0.148. The van der Waals surface area contributed by atoms with Crippen molar-refractivity contribution in [1.82, 2.24) is 5.43 Å². The summed E-state index contributed by atoms with van der Waals surface area (Å²) in [6.07, 6.45) is 1.68. The van der Waals surface area contributed by atoms with Gasteiger partial charge in [-0.2, -0.15) is 5.10 Å². The molecule has 0 aliphatic heterocycles. The maximum Gasteiger partial charge on any atom is 0.244 e. The molecule has 2 rings (SSSR count). The van der Waals surface area contributed by atoms with E-state index in [9.17, 15) is 9.18 Å². The minimum atomic E-state index is -0.323. The molecule has 0 saturated heterocycles. The van der Waals surface area contributed by atoms with Crippen molar-refractivity contribution in [2.75, 3.05) is 0 Å². The molecule has 0 spiro atoms. The van der Waals surface area contributed by atoms with Gasteiger partial charge in [0.15, 0.2) is 0 Å². The molecule has 5 heteroatoms. The summed E-state index contributed by atoms with van der Waals surface area (Å²) in [6.45, 7) is 1.73. The molecule has 0 fully saturated rings. The van der Waals surface area contributed by atoms with Crippen molar-refractivity contribution in [2.24, 2.45) is 5.10 Å². The van der Waals surface area contributed by atoms with Crippen molar-refractivity contribution >= 4 is 11.6 Å². The highest BCUT2D eigenvalue weighted by Gasteiger charge is 2.04. The second-order valence-corrected chi connectivity index (χ2v) is 4.01. The normalized spacial score (nSPS) is 11.4. The quantitative estimate of drug-likeness (QED) is 0.678. The predicted octanol–water partition coefficient (Wildman–Crippen LogP) is 2.50. The Labute approximate surface area is 109 Å². The zero-order valence-electron chi connectivity index (χ0n) is 10.4. The molecule has 0 radical (unpaired) electrons. The van der Waals surface area contributed by atoms with Crippen molar-refractivity contribution in [3.8, 4) is 0 Å². The van der Waals surface area contributed by atoms with Crippen LogP contribution in [0.4, 0.5) is 4.39 Å². The number of hydrazone groups is 1. The maximum absolute atomic E-state index is 12.7. The lowest BCUT2D eigenvalue weighted by molar-refractivity contribution is -0.120. The van der Waals surface area contributed by atoms with Gasteiger partial charge >= 0.3 is 0 Å². The van der Waals surface area contributed by atoms with Crippen LogP contribution < -0.4 is 5.43 Å². The van der Waals surface area contributed by atoms with Crippen molar-refractivity contribution < 1.29 is 13.6 Å². The van der Waals surface area contributed by atoms with E-state index in [1.54, 1.807) is 31.2 Å². The molecule has 1 aromatic heterocycles. The molecule has 0 atom stereocenters. The smallest absolute Gasteiger partial charge is 0.244 e. The third kappa shape index (κ3) is 3.77. The average Bonchev–Trinajstić information content (AvgIpc) is 2.93. The van der Waals surface area contributed by atoms with Gasteiger partial charge in [-0.3, -0.25) is 4.79 Å². The van der Waals surface area contributed by atoms with Crippen LogP contribution in [0.2, 0.25) is 0 Å². The third-order valence-corrected chi connectivity index (χ3v) is 2.50. The first-order valence-corrected chi connectivity index (χ1v) is 5.76. The molecule has 1 N–H and O–H groups in total. The van der Waals surface area contributed by atoms with E-state index in [2.05, 4.69) is 10.5 Å². The van der Waals surface area contributed by atoms with Crippen LogP contribution >= 0.6 is 0 Å². The molecular weight excluding hydrogens is 247 g/mol. The Bertz CT molecular complexity index is 574. The Morgan fingerprint density at radius 2 is 2.05 bits per heavy atom. The van der Waals surface area contributed by atoms with Crippen LogP contribution in [0.3, 0.4) is 0 Å². The maximum atomic E-state index is 12.7. The standard InChI is InChI=1S/C14H13FN2O2/c1-10(13-3-2-8-19-13)16-17-14(18)9-11-4-6-12(15)7-5-11/h2-8H,9H2,1H3,(H,17,18)/b16-10+. The summed E-state index contributed by atoms with van der Waals surface area (Å²) in [5.74, 6) is 0.00967. The van der Waals surface area contributed by atoms with Crippen molar-refractivity contribution in [2.45, 2.75) is 13.3 Å². The Morgan fingerprint density at radius 3 is 2.68 bits per heavy atom.